The van der Waals surface area contributed by atoms with Crippen LogP contribution < -0.4 is 9.47 Å². The maximum Gasteiger partial charge on any atom is 0.306 e. The van der Waals surface area contributed by atoms with E-state index in [1.54, 1.807) is 12.1 Å². The van der Waals surface area contributed by atoms with Crippen LogP contribution in [0.5, 0.6) is 11.5 Å². The molecule has 156 valence electrons. The smallest absolute Gasteiger partial charge is 0.306 e. The van der Waals surface area contributed by atoms with Gasteiger partial charge in [0.15, 0.2) is 11.5 Å². The van der Waals surface area contributed by atoms with Crippen LogP contribution in [0.15, 0.2) is 12.1 Å². The zero-order valence-corrected chi connectivity index (χ0v) is 16.1. The van der Waals surface area contributed by atoms with Crippen LogP contribution in [0, 0.1) is 11.8 Å². The molecule has 9 nitrogen and oxygen atoms in total. The van der Waals surface area contributed by atoms with Gasteiger partial charge in [-0.15, -0.1) is 0 Å². The van der Waals surface area contributed by atoms with Gasteiger partial charge in [-0.3, -0.25) is 4.79 Å². The number of carbonyl (C=O) groups is 1. The first-order valence-corrected chi connectivity index (χ1v) is 9.18. The van der Waals surface area contributed by atoms with Crippen molar-refractivity contribution in [2.24, 2.45) is 11.8 Å². The predicted octanol–water partition coefficient (Wildman–Crippen LogP) is -0.296. The lowest BCUT2D eigenvalue weighted by Gasteiger charge is -2.55. The van der Waals surface area contributed by atoms with Crippen molar-refractivity contribution in [2.75, 3.05) is 20.8 Å². The number of carboxylic acids is 1. The number of piperidine rings is 1. The standard InChI is InChI=1S/C19H27NO8/c1-9(18(23)24)6-12-16(21)17(22)15-11-8-14(28-3)13(27-2)7-10(11)4-5-20(15)19(12,25)26/h7-9,12,15-17,21-22,25-26H,4-6H2,1-3H3,(H,23,24). The van der Waals surface area contributed by atoms with Crippen LogP contribution in [0.3, 0.4) is 0 Å². The van der Waals surface area contributed by atoms with Crippen molar-refractivity contribution >= 4 is 5.97 Å². The fourth-order valence-electron chi connectivity index (χ4n) is 4.36. The first-order valence-electron chi connectivity index (χ1n) is 9.18. The number of carboxylic acid groups (broad SMARTS) is 1. The van der Waals surface area contributed by atoms with Crippen LogP contribution >= 0.6 is 0 Å². The molecule has 0 spiro atoms. The summed E-state index contributed by atoms with van der Waals surface area (Å²) in [6.07, 6.45) is -2.59. The SMILES string of the molecule is COc1cc2c(cc1OC)C1C(O)C(O)C(CC(C)C(=O)O)C(O)(O)N1CC2. The lowest BCUT2D eigenvalue weighted by molar-refractivity contribution is -0.360. The number of fused-ring (bicyclic) bond motifs is 3. The summed E-state index contributed by atoms with van der Waals surface area (Å²) in [5.41, 5.74) is 1.45. The number of hydrogen-bond donors (Lipinski definition) is 5. The van der Waals surface area contributed by atoms with E-state index in [1.807, 2.05) is 0 Å². The second-order valence-corrected chi connectivity index (χ2v) is 7.54. The van der Waals surface area contributed by atoms with Crippen molar-refractivity contribution in [3.05, 3.63) is 23.3 Å². The number of ether oxygens (including phenoxy) is 2. The number of aliphatic hydroxyl groups excluding tert-OH is 2. The van der Waals surface area contributed by atoms with E-state index in [9.17, 15) is 25.2 Å². The number of rotatable bonds is 5. The Hall–Kier alpha value is -1.91. The quantitative estimate of drug-likeness (QED) is 0.424. The first-order chi connectivity index (χ1) is 13.1. The Morgan fingerprint density at radius 2 is 1.82 bits per heavy atom. The molecule has 0 radical (unpaired) electrons. The Labute approximate surface area is 162 Å². The molecule has 1 fully saturated rings. The monoisotopic (exact) mass is 397 g/mol. The van der Waals surface area contributed by atoms with Crippen molar-refractivity contribution in [1.29, 1.82) is 0 Å². The van der Waals surface area contributed by atoms with Gasteiger partial charge in [0, 0.05) is 6.54 Å². The third-order valence-corrected chi connectivity index (χ3v) is 5.96. The number of nitrogens with zero attached hydrogens (tertiary/aromatic N) is 1. The molecule has 0 amide bonds. The van der Waals surface area contributed by atoms with E-state index in [0.717, 1.165) is 5.56 Å². The summed E-state index contributed by atoms with van der Waals surface area (Å²) in [7, 11) is 2.99. The highest BCUT2D eigenvalue weighted by atomic mass is 16.5. The largest absolute Gasteiger partial charge is 0.493 e. The molecule has 0 aromatic heterocycles. The average Bonchev–Trinajstić information content (AvgIpc) is 2.67. The van der Waals surface area contributed by atoms with Gasteiger partial charge in [0.1, 0.15) is 6.10 Å². The molecule has 0 saturated carbocycles. The van der Waals surface area contributed by atoms with Gasteiger partial charge in [-0.2, -0.15) is 0 Å². The minimum atomic E-state index is -2.47. The Morgan fingerprint density at radius 3 is 2.39 bits per heavy atom. The van der Waals surface area contributed by atoms with Crippen LogP contribution in [0.4, 0.5) is 0 Å². The van der Waals surface area contributed by atoms with Crippen LogP contribution in [-0.2, 0) is 11.2 Å². The van der Waals surface area contributed by atoms with Crippen LogP contribution in [-0.4, -0.2) is 75.3 Å². The molecular formula is C19H27NO8. The van der Waals surface area contributed by atoms with E-state index < -0.39 is 42.0 Å². The van der Waals surface area contributed by atoms with Crippen LogP contribution in [0.1, 0.15) is 30.5 Å². The minimum absolute atomic E-state index is 0.192. The highest BCUT2D eigenvalue weighted by Crippen LogP contribution is 2.48. The Morgan fingerprint density at radius 1 is 1.21 bits per heavy atom. The fraction of sp³-hybridized carbons (Fsp3) is 0.632. The van der Waals surface area contributed by atoms with Crippen LogP contribution in [0.25, 0.3) is 0 Å². The molecule has 3 rings (SSSR count). The van der Waals surface area contributed by atoms with Gasteiger partial charge in [-0.05, 0) is 36.1 Å². The van der Waals surface area contributed by atoms with Gasteiger partial charge in [-0.25, -0.2) is 4.90 Å². The molecule has 5 N–H and O–H groups in total. The lowest BCUT2D eigenvalue weighted by Crippen LogP contribution is -2.69. The Kier molecular flexibility index (Phi) is 5.57. The van der Waals surface area contributed by atoms with Crippen molar-refractivity contribution in [3.63, 3.8) is 0 Å². The summed E-state index contributed by atoms with van der Waals surface area (Å²) in [6.45, 7) is 1.63. The Balaban J connectivity index is 2.02. The molecule has 2 heterocycles. The van der Waals surface area contributed by atoms with E-state index in [4.69, 9.17) is 14.6 Å². The topological polar surface area (TPSA) is 140 Å². The van der Waals surface area contributed by atoms with Gasteiger partial charge in [0.25, 0.3) is 0 Å². The molecule has 1 aromatic rings. The van der Waals surface area contributed by atoms with E-state index in [0.29, 0.717) is 23.5 Å². The zero-order chi connectivity index (χ0) is 20.8. The minimum Gasteiger partial charge on any atom is -0.493 e. The molecule has 0 bridgehead atoms. The molecule has 28 heavy (non-hydrogen) atoms. The van der Waals surface area contributed by atoms with E-state index in [2.05, 4.69) is 0 Å². The predicted molar refractivity (Wildman–Crippen MR) is 96.8 cm³/mol. The van der Waals surface area contributed by atoms with E-state index in [1.165, 1.54) is 26.0 Å². The molecule has 1 aromatic carbocycles. The molecule has 5 atom stereocenters. The van der Waals surface area contributed by atoms with Gasteiger partial charge in [0.05, 0.1) is 38.2 Å². The third kappa shape index (κ3) is 3.23. The summed E-state index contributed by atoms with van der Waals surface area (Å²) in [5, 5.41) is 52.4. The molecular weight excluding hydrogens is 370 g/mol. The van der Waals surface area contributed by atoms with E-state index in [-0.39, 0.29) is 13.0 Å². The maximum absolute atomic E-state index is 11.2. The zero-order valence-electron chi connectivity index (χ0n) is 16.1. The first kappa shape index (κ1) is 20.8. The fourth-order valence-corrected chi connectivity index (χ4v) is 4.36. The van der Waals surface area contributed by atoms with Gasteiger partial charge < -0.3 is 35.0 Å². The normalized spacial score (nSPS) is 30.1. The second-order valence-electron chi connectivity index (χ2n) is 7.54. The number of aliphatic carboxylic acids is 1. The number of hydrogen-bond acceptors (Lipinski definition) is 8. The van der Waals surface area contributed by atoms with Gasteiger partial charge in [-0.1, -0.05) is 6.92 Å². The highest BCUT2D eigenvalue weighted by Gasteiger charge is 2.58. The highest BCUT2D eigenvalue weighted by molar-refractivity contribution is 5.69. The van der Waals surface area contributed by atoms with Crippen molar-refractivity contribution in [2.45, 2.75) is 43.9 Å². The molecule has 1 saturated heterocycles. The number of methoxy groups -OCH3 is 2. The third-order valence-electron chi connectivity index (χ3n) is 5.96. The van der Waals surface area contributed by atoms with Gasteiger partial charge in [0.2, 0.25) is 5.91 Å². The van der Waals surface area contributed by atoms with Crippen molar-refractivity contribution in [3.8, 4) is 11.5 Å². The summed E-state index contributed by atoms with van der Waals surface area (Å²) >= 11 is 0. The van der Waals surface area contributed by atoms with E-state index >= 15 is 0 Å². The number of aliphatic hydroxyl groups is 4. The lowest BCUT2D eigenvalue weighted by atomic mass is 9.74. The second kappa shape index (κ2) is 7.49. The molecule has 5 unspecified atom stereocenters. The molecule has 0 aliphatic carbocycles. The summed E-state index contributed by atoms with van der Waals surface area (Å²) in [5.74, 6) is -4.80. The summed E-state index contributed by atoms with van der Waals surface area (Å²) < 4.78 is 10.6. The Bertz CT molecular complexity index is 752. The van der Waals surface area contributed by atoms with Crippen molar-refractivity contribution < 1.29 is 39.8 Å². The maximum atomic E-state index is 11.2. The molecule has 2 aliphatic rings. The molecule has 2 aliphatic heterocycles. The van der Waals surface area contributed by atoms with Crippen LogP contribution in [0.2, 0.25) is 0 Å². The summed E-state index contributed by atoms with van der Waals surface area (Å²) in [6, 6.07) is 2.56. The molecule has 9 heteroatoms. The summed E-state index contributed by atoms with van der Waals surface area (Å²) in [4.78, 5) is 12.5. The number of benzene rings is 1. The van der Waals surface area contributed by atoms with Gasteiger partial charge >= 0.3 is 5.97 Å². The average molecular weight is 397 g/mol. The van der Waals surface area contributed by atoms with Crippen molar-refractivity contribution in [1.82, 2.24) is 4.90 Å².